The van der Waals surface area contributed by atoms with Crippen LogP contribution in [-0.2, 0) is 6.54 Å². The topological polar surface area (TPSA) is 59.0 Å². The lowest BCUT2D eigenvalue weighted by molar-refractivity contribution is 0.0976. The zero-order valence-corrected chi connectivity index (χ0v) is 14.2. The SMILES string of the molecule is O=C(NC(=S)NCCCn1ccnc1)c1cccc(I)c1. The van der Waals surface area contributed by atoms with Crippen molar-refractivity contribution in [2.24, 2.45) is 0 Å². The minimum absolute atomic E-state index is 0.194. The zero-order valence-electron chi connectivity index (χ0n) is 11.3. The number of aryl methyl sites for hydroxylation is 1. The molecular weight excluding hydrogens is 399 g/mol. The maximum Gasteiger partial charge on any atom is 0.257 e. The maximum absolute atomic E-state index is 12.0. The van der Waals surface area contributed by atoms with Gasteiger partial charge in [-0.05, 0) is 59.4 Å². The van der Waals surface area contributed by atoms with E-state index in [2.05, 4.69) is 38.2 Å². The Balaban J connectivity index is 1.70. The van der Waals surface area contributed by atoms with Crippen molar-refractivity contribution in [2.75, 3.05) is 6.54 Å². The van der Waals surface area contributed by atoms with Crippen molar-refractivity contribution in [3.05, 3.63) is 52.1 Å². The molecule has 5 nitrogen and oxygen atoms in total. The Morgan fingerprint density at radius 1 is 1.43 bits per heavy atom. The highest BCUT2D eigenvalue weighted by molar-refractivity contribution is 14.1. The molecule has 0 unspecified atom stereocenters. The van der Waals surface area contributed by atoms with E-state index in [1.807, 2.05) is 29.0 Å². The first kappa shape index (κ1) is 15.9. The smallest absolute Gasteiger partial charge is 0.257 e. The number of carbonyl (C=O) groups excluding carboxylic acids is 1. The molecule has 21 heavy (non-hydrogen) atoms. The van der Waals surface area contributed by atoms with Gasteiger partial charge in [0.25, 0.3) is 5.91 Å². The predicted molar refractivity (Wildman–Crippen MR) is 94.1 cm³/mol. The fourth-order valence-electron chi connectivity index (χ4n) is 1.73. The van der Waals surface area contributed by atoms with Crippen LogP contribution in [0.4, 0.5) is 0 Å². The van der Waals surface area contributed by atoms with E-state index in [0.29, 0.717) is 17.2 Å². The third-order valence-corrected chi connectivity index (χ3v) is 3.67. The summed E-state index contributed by atoms with van der Waals surface area (Å²) in [4.78, 5) is 15.9. The summed E-state index contributed by atoms with van der Waals surface area (Å²) in [7, 11) is 0. The highest BCUT2D eigenvalue weighted by Crippen LogP contribution is 2.07. The van der Waals surface area contributed by atoms with Crippen LogP contribution in [0.1, 0.15) is 16.8 Å². The molecule has 0 aliphatic rings. The van der Waals surface area contributed by atoms with Crippen molar-refractivity contribution in [2.45, 2.75) is 13.0 Å². The van der Waals surface area contributed by atoms with Crippen LogP contribution in [0, 0.1) is 3.57 Å². The molecule has 2 aromatic rings. The van der Waals surface area contributed by atoms with Gasteiger partial charge in [-0.3, -0.25) is 10.1 Å². The Hall–Kier alpha value is -1.48. The minimum atomic E-state index is -0.194. The Morgan fingerprint density at radius 2 is 2.29 bits per heavy atom. The van der Waals surface area contributed by atoms with E-state index < -0.39 is 0 Å². The van der Waals surface area contributed by atoms with E-state index in [1.54, 1.807) is 18.6 Å². The van der Waals surface area contributed by atoms with Crippen molar-refractivity contribution in [1.29, 1.82) is 0 Å². The van der Waals surface area contributed by atoms with E-state index in [1.165, 1.54) is 0 Å². The number of rotatable bonds is 5. The van der Waals surface area contributed by atoms with Gasteiger partial charge in [-0.15, -0.1) is 0 Å². The fourth-order valence-corrected chi connectivity index (χ4v) is 2.47. The van der Waals surface area contributed by atoms with E-state index in [-0.39, 0.29) is 5.91 Å². The lowest BCUT2D eigenvalue weighted by Gasteiger charge is -2.10. The van der Waals surface area contributed by atoms with E-state index >= 15 is 0 Å². The second-order valence-corrected chi connectivity index (χ2v) is 6.03. The maximum atomic E-state index is 12.0. The number of hydrogen-bond donors (Lipinski definition) is 2. The molecule has 0 spiro atoms. The molecule has 2 rings (SSSR count). The zero-order chi connectivity index (χ0) is 15.1. The van der Waals surface area contributed by atoms with Crippen LogP contribution < -0.4 is 10.6 Å². The highest BCUT2D eigenvalue weighted by Gasteiger charge is 2.07. The summed E-state index contributed by atoms with van der Waals surface area (Å²) in [5.74, 6) is -0.194. The van der Waals surface area contributed by atoms with Crippen molar-refractivity contribution in [1.82, 2.24) is 20.2 Å². The molecule has 1 heterocycles. The molecule has 0 radical (unpaired) electrons. The lowest BCUT2D eigenvalue weighted by Crippen LogP contribution is -2.39. The number of hydrogen-bond acceptors (Lipinski definition) is 3. The first-order valence-electron chi connectivity index (χ1n) is 6.45. The van der Waals surface area contributed by atoms with Crippen molar-refractivity contribution in [3.63, 3.8) is 0 Å². The molecule has 7 heteroatoms. The summed E-state index contributed by atoms with van der Waals surface area (Å²) in [6.07, 6.45) is 6.34. The van der Waals surface area contributed by atoms with Crippen LogP contribution in [0.5, 0.6) is 0 Å². The molecule has 2 N–H and O–H groups in total. The number of imidazole rings is 1. The molecule has 110 valence electrons. The number of halogens is 1. The Kier molecular flexibility index (Phi) is 6.12. The van der Waals surface area contributed by atoms with Gasteiger partial charge in [0.2, 0.25) is 0 Å². The number of thiocarbonyl (C=S) groups is 1. The second kappa shape index (κ2) is 8.08. The van der Waals surface area contributed by atoms with Crippen molar-refractivity contribution in [3.8, 4) is 0 Å². The molecule has 0 aliphatic carbocycles. The number of nitrogens with one attached hydrogen (secondary N) is 2. The van der Waals surface area contributed by atoms with Gasteiger partial charge >= 0.3 is 0 Å². The summed E-state index contributed by atoms with van der Waals surface area (Å²) in [6, 6.07) is 7.36. The molecule has 0 saturated heterocycles. The fraction of sp³-hybridized carbons (Fsp3) is 0.214. The van der Waals surface area contributed by atoms with Crippen LogP contribution in [0.25, 0.3) is 0 Å². The summed E-state index contributed by atoms with van der Waals surface area (Å²) < 4.78 is 3.01. The third-order valence-electron chi connectivity index (χ3n) is 2.75. The molecule has 0 aliphatic heterocycles. The van der Waals surface area contributed by atoms with Gasteiger partial charge in [0.05, 0.1) is 6.33 Å². The normalized spacial score (nSPS) is 10.1. The Morgan fingerprint density at radius 3 is 3.00 bits per heavy atom. The molecule has 0 saturated carbocycles. The van der Waals surface area contributed by atoms with Gasteiger partial charge in [0.15, 0.2) is 5.11 Å². The number of aromatic nitrogens is 2. The van der Waals surface area contributed by atoms with Crippen LogP contribution in [0.15, 0.2) is 43.0 Å². The quantitative estimate of drug-likeness (QED) is 0.448. The van der Waals surface area contributed by atoms with Gasteiger partial charge < -0.3 is 9.88 Å². The molecule has 1 amide bonds. The average molecular weight is 414 g/mol. The molecule has 0 fully saturated rings. The average Bonchev–Trinajstić information content (AvgIpc) is 2.97. The summed E-state index contributed by atoms with van der Waals surface area (Å²) in [6.45, 7) is 1.56. The molecule has 1 aromatic carbocycles. The predicted octanol–water partition coefficient (Wildman–Crippen LogP) is 2.18. The number of amides is 1. The van der Waals surface area contributed by atoms with Gasteiger partial charge in [-0.2, -0.15) is 0 Å². The van der Waals surface area contributed by atoms with Gasteiger partial charge in [-0.25, -0.2) is 4.98 Å². The van der Waals surface area contributed by atoms with E-state index in [0.717, 1.165) is 16.5 Å². The van der Waals surface area contributed by atoms with E-state index in [9.17, 15) is 4.79 Å². The molecular formula is C14H15IN4OS. The van der Waals surface area contributed by atoms with Crippen LogP contribution in [0.2, 0.25) is 0 Å². The monoisotopic (exact) mass is 414 g/mol. The highest BCUT2D eigenvalue weighted by atomic mass is 127. The first-order chi connectivity index (χ1) is 10.1. The van der Waals surface area contributed by atoms with Gasteiger partial charge in [0, 0.05) is 34.6 Å². The van der Waals surface area contributed by atoms with Crippen LogP contribution in [0.3, 0.4) is 0 Å². The molecule has 0 atom stereocenters. The first-order valence-corrected chi connectivity index (χ1v) is 7.94. The van der Waals surface area contributed by atoms with Crippen molar-refractivity contribution >= 4 is 45.8 Å². The second-order valence-electron chi connectivity index (χ2n) is 4.37. The molecule has 0 bridgehead atoms. The number of nitrogens with zero attached hydrogens (tertiary/aromatic N) is 2. The number of benzene rings is 1. The lowest BCUT2D eigenvalue weighted by atomic mass is 10.2. The van der Waals surface area contributed by atoms with Crippen LogP contribution in [-0.4, -0.2) is 27.1 Å². The van der Waals surface area contributed by atoms with Crippen LogP contribution >= 0.6 is 34.8 Å². The largest absolute Gasteiger partial charge is 0.362 e. The standard InChI is InChI=1S/C14H15IN4OS/c15-12-4-1-3-11(9-12)13(20)18-14(21)17-5-2-7-19-8-6-16-10-19/h1,3-4,6,8-10H,2,5,7H2,(H2,17,18,20,21). The van der Waals surface area contributed by atoms with Gasteiger partial charge in [-0.1, -0.05) is 6.07 Å². The summed E-state index contributed by atoms with van der Waals surface area (Å²) in [5, 5.41) is 6.05. The van der Waals surface area contributed by atoms with Crippen molar-refractivity contribution < 1.29 is 4.79 Å². The minimum Gasteiger partial charge on any atom is -0.362 e. The number of carbonyl (C=O) groups is 1. The summed E-state index contributed by atoms with van der Waals surface area (Å²) >= 11 is 7.28. The third kappa shape index (κ3) is 5.43. The summed E-state index contributed by atoms with van der Waals surface area (Å²) in [5.41, 5.74) is 0.601. The Bertz CT molecular complexity index is 615. The van der Waals surface area contributed by atoms with Gasteiger partial charge in [0.1, 0.15) is 0 Å². The van der Waals surface area contributed by atoms with E-state index in [4.69, 9.17) is 12.2 Å². The Labute approximate surface area is 142 Å². The molecule has 1 aromatic heterocycles.